The Kier molecular flexibility index (Phi) is 4.78. The van der Waals surface area contributed by atoms with Gasteiger partial charge in [-0.15, -0.1) is 11.3 Å². The molecular formula is C11H19N2OS+. The van der Waals surface area contributed by atoms with Gasteiger partial charge in [0.05, 0.1) is 25.5 Å². The lowest BCUT2D eigenvalue weighted by Crippen LogP contribution is -3.06. The van der Waals surface area contributed by atoms with E-state index in [-0.39, 0.29) is 5.91 Å². The van der Waals surface area contributed by atoms with E-state index in [0.717, 1.165) is 18.0 Å². The van der Waals surface area contributed by atoms with E-state index in [0.29, 0.717) is 5.92 Å². The van der Waals surface area contributed by atoms with E-state index in [2.05, 4.69) is 26.3 Å². The highest BCUT2D eigenvalue weighted by molar-refractivity contribution is 7.12. The Morgan fingerprint density at radius 1 is 1.60 bits per heavy atom. The van der Waals surface area contributed by atoms with Gasteiger partial charge in [0, 0.05) is 12.5 Å². The Hall–Kier alpha value is -0.870. The van der Waals surface area contributed by atoms with Crippen molar-refractivity contribution in [2.45, 2.75) is 6.92 Å². The molecule has 15 heavy (non-hydrogen) atoms. The smallest absolute Gasteiger partial charge is 0.261 e. The van der Waals surface area contributed by atoms with Crippen molar-refractivity contribution >= 4 is 17.2 Å². The number of hydrogen-bond donors (Lipinski definition) is 2. The van der Waals surface area contributed by atoms with Gasteiger partial charge in [0.15, 0.2) is 0 Å². The molecule has 84 valence electrons. The van der Waals surface area contributed by atoms with Crippen molar-refractivity contribution in [3.8, 4) is 0 Å². The van der Waals surface area contributed by atoms with Crippen LogP contribution in [0.4, 0.5) is 0 Å². The number of rotatable bonds is 5. The SMILES string of the molecule is C[C@H](CNC(=O)c1cccs1)C[NH+](C)C. The lowest BCUT2D eigenvalue weighted by atomic mass is 10.2. The summed E-state index contributed by atoms with van der Waals surface area (Å²) in [5.74, 6) is 0.560. The molecular weight excluding hydrogens is 208 g/mol. The summed E-state index contributed by atoms with van der Waals surface area (Å²) in [6.45, 7) is 3.98. The maximum absolute atomic E-state index is 11.6. The van der Waals surface area contributed by atoms with Crippen LogP contribution in [-0.4, -0.2) is 33.1 Å². The average molecular weight is 227 g/mol. The second kappa shape index (κ2) is 5.88. The molecule has 2 N–H and O–H groups in total. The molecule has 1 rings (SSSR count). The summed E-state index contributed by atoms with van der Waals surface area (Å²) in [7, 11) is 4.25. The number of thiophene rings is 1. The zero-order valence-corrected chi connectivity index (χ0v) is 10.4. The van der Waals surface area contributed by atoms with Crippen molar-refractivity contribution < 1.29 is 9.69 Å². The first-order chi connectivity index (χ1) is 7.09. The molecule has 1 atom stereocenters. The van der Waals surface area contributed by atoms with Gasteiger partial charge < -0.3 is 10.2 Å². The zero-order chi connectivity index (χ0) is 11.3. The van der Waals surface area contributed by atoms with Crippen LogP contribution >= 0.6 is 11.3 Å². The van der Waals surface area contributed by atoms with Crippen LogP contribution in [0.3, 0.4) is 0 Å². The van der Waals surface area contributed by atoms with Gasteiger partial charge in [-0.25, -0.2) is 0 Å². The lowest BCUT2D eigenvalue weighted by Gasteiger charge is -2.14. The van der Waals surface area contributed by atoms with Gasteiger partial charge in [-0.05, 0) is 11.4 Å². The molecule has 0 aliphatic carbocycles. The summed E-state index contributed by atoms with van der Waals surface area (Å²) in [5, 5.41) is 4.87. The first-order valence-electron chi connectivity index (χ1n) is 5.20. The van der Waals surface area contributed by atoms with Crippen molar-refractivity contribution in [1.29, 1.82) is 0 Å². The van der Waals surface area contributed by atoms with Gasteiger partial charge in [0.25, 0.3) is 5.91 Å². The third kappa shape index (κ3) is 4.44. The molecule has 3 nitrogen and oxygen atoms in total. The second-order valence-corrected chi connectivity index (χ2v) is 5.15. The minimum absolute atomic E-state index is 0.0469. The van der Waals surface area contributed by atoms with Gasteiger partial charge in [0.2, 0.25) is 0 Å². The van der Waals surface area contributed by atoms with Crippen LogP contribution in [0.5, 0.6) is 0 Å². The van der Waals surface area contributed by atoms with Crippen molar-refractivity contribution in [1.82, 2.24) is 5.32 Å². The highest BCUT2D eigenvalue weighted by Gasteiger charge is 2.10. The Bertz CT molecular complexity index is 296. The predicted octanol–water partition coefficient (Wildman–Crippen LogP) is 0.259. The Morgan fingerprint density at radius 2 is 2.33 bits per heavy atom. The van der Waals surface area contributed by atoms with Gasteiger partial charge in [0.1, 0.15) is 0 Å². The minimum Gasteiger partial charge on any atom is -0.351 e. The molecule has 0 saturated heterocycles. The van der Waals surface area contributed by atoms with E-state index >= 15 is 0 Å². The highest BCUT2D eigenvalue weighted by atomic mass is 32.1. The Labute approximate surface area is 95.1 Å². The molecule has 1 heterocycles. The quantitative estimate of drug-likeness (QED) is 0.743. The molecule has 1 amide bonds. The normalized spacial score (nSPS) is 12.8. The maximum atomic E-state index is 11.6. The number of hydrogen-bond acceptors (Lipinski definition) is 2. The zero-order valence-electron chi connectivity index (χ0n) is 9.54. The fourth-order valence-corrected chi connectivity index (χ4v) is 2.17. The van der Waals surface area contributed by atoms with Crippen molar-refractivity contribution in [2.24, 2.45) is 5.92 Å². The number of quaternary nitrogens is 1. The van der Waals surface area contributed by atoms with Crippen LogP contribution in [0.25, 0.3) is 0 Å². The van der Waals surface area contributed by atoms with Crippen LogP contribution in [0.2, 0.25) is 0 Å². The molecule has 0 unspecified atom stereocenters. The second-order valence-electron chi connectivity index (χ2n) is 4.20. The van der Waals surface area contributed by atoms with Crippen LogP contribution in [-0.2, 0) is 0 Å². The average Bonchev–Trinajstić information content (AvgIpc) is 2.65. The third-order valence-electron chi connectivity index (χ3n) is 2.11. The van der Waals surface area contributed by atoms with Gasteiger partial charge in [-0.2, -0.15) is 0 Å². The third-order valence-corrected chi connectivity index (χ3v) is 2.98. The summed E-state index contributed by atoms with van der Waals surface area (Å²) >= 11 is 1.48. The monoisotopic (exact) mass is 227 g/mol. The number of carbonyl (C=O) groups excluding carboxylic acids is 1. The molecule has 1 aromatic rings. The molecule has 0 aliphatic heterocycles. The van der Waals surface area contributed by atoms with Crippen molar-refractivity contribution in [3.05, 3.63) is 22.4 Å². The largest absolute Gasteiger partial charge is 0.351 e. The van der Waals surface area contributed by atoms with Crippen molar-refractivity contribution in [3.63, 3.8) is 0 Å². The number of nitrogens with one attached hydrogen (secondary N) is 2. The minimum atomic E-state index is 0.0469. The van der Waals surface area contributed by atoms with E-state index in [1.165, 1.54) is 16.2 Å². The van der Waals surface area contributed by atoms with Gasteiger partial charge in [-0.3, -0.25) is 4.79 Å². The van der Waals surface area contributed by atoms with Gasteiger partial charge in [-0.1, -0.05) is 13.0 Å². The molecule has 0 spiro atoms. The molecule has 4 heteroatoms. The van der Waals surface area contributed by atoms with E-state index in [1.54, 1.807) is 0 Å². The number of carbonyl (C=O) groups is 1. The van der Waals surface area contributed by atoms with Gasteiger partial charge >= 0.3 is 0 Å². The van der Waals surface area contributed by atoms with E-state index in [1.807, 2.05) is 17.5 Å². The lowest BCUT2D eigenvalue weighted by molar-refractivity contribution is -0.861. The summed E-state index contributed by atoms with van der Waals surface area (Å²) in [6, 6.07) is 3.74. The molecule has 0 radical (unpaired) electrons. The molecule has 0 fully saturated rings. The van der Waals surface area contributed by atoms with Crippen LogP contribution in [0.15, 0.2) is 17.5 Å². The molecule has 0 aliphatic rings. The summed E-state index contributed by atoms with van der Waals surface area (Å²) in [5.41, 5.74) is 0. The molecule has 1 aromatic heterocycles. The van der Waals surface area contributed by atoms with Crippen LogP contribution in [0.1, 0.15) is 16.6 Å². The topological polar surface area (TPSA) is 33.5 Å². The fourth-order valence-electron chi connectivity index (χ4n) is 1.53. The first kappa shape index (κ1) is 12.2. The van der Waals surface area contributed by atoms with E-state index in [4.69, 9.17) is 0 Å². The first-order valence-corrected chi connectivity index (χ1v) is 6.08. The van der Waals surface area contributed by atoms with Crippen LogP contribution < -0.4 is 10.2 Å². The predicted molar refractivity (Wildman–Crippen MR) is 63.5 cm³/mol. The summed E-state index contributed by atoms with van der Waals surface area (Å²) < 4.78 is 0. The van der Waals surface area contributed by atoms with Crippen molar-refractivity contribution in [2.75, 3.05) is 27.2 Å². The van der Waals surface area contributed by atoms with Crippen LogP contribution in [0, 0.1) is 5.92 Å². The summed E-state index contributed by atoms with van der Waals surface area (Å²) in [6.07, 6.45) is 0. The van der Waals surface area contributed by atoms with E-state index < -0.39 is 0 Å². The maximum Gasteiger partial charge on any atom is 0.261 e. The Balaban J connectivity index is 2.28. The molecule has 0 bridgehead atoms. The highest BCUT2D eigenvalue weighted by Crippen LogP contribution is 2.07. The molecule has 0 saturated carbocycles. The van der Waals surface area contributed by atoms with E-state index in [9.17, 15) is 4.79 Å². The Morgan fingerprint density at radius 3 is 2.87 bits per heavy atom. The fraction of sp³-hybridized carbons (Fsp3) is 0.545. The number of amides is 1. The molecule has 0 aromatic carbocycles. The summed E-state index contributed by atoms with van der Waals surface area (Å²) in [4.78, 5) is 13.8. The standard InChI is InChI=1S/C11H18N2OS/c1-9(8-13(2)3)7-12-11(14)10-5-4-6-15-10/h4-6,9H,7-8H2,1-3H3,(H,12,14)/p+1/t9-/m1/s1.